The van der Waals surface area contributed by atoms with Crippen LogP contribution >= 0.6 is 0 Å². The Morgan fingerprint density at radius 1 is 1.38 bits per heavy atom. The highest BCUT2D eigenvalue weighted by molar-refractivity contribution is 4.82. The maximum Gasteiger partial charge on any atom is 0.0781 e. The molecule has 0 spiro atoms. The van der Waals surface area contributed by atoms with Crippen molar-refractivity contribution in [3.8, 4) is 0 Å². The molecule has 0 amide bonds. The summed E-state index contributed by atoms with van der Waals surface area (Å²) in [5.74, 6) is 0. The van der Waals surface area contributed by atoms with Crippen molar-refractivity contribution in [2.24, 2.45) is 0 Å². The molecule has 0 aliphatic carbocycles. The second-order valence-corrected chi connectivity index (χ2v) is 3.02. The molecule has 2 nitrogen and oxygen atoms in total. The van der Waals surface area contributed by atoms with Crippen LogP contribution in [0.25, 0.3) is 0 Å². The Morgan fingerprint density at radius 3 is 2.77 bits per heavy atom. The zero-order valence-corrected chi connectivity index (χ0v) is 8.41. The summed E-state index contributed by atoms with van der Waals surface area (Å²) >= 11 is 0. The highest BCUT2D eigenvalue weighted by atomic mass is 16.5. The van der Waals surface area contributed by atoms with Gasteiger partial charge in [-0.05, 0) is 26.2 Å². The molecular formula is C11H20O2. The molecule has 0 heterocycles. The maximum atomic E-state index is 8.65. The fourth-order valence-electron chi connectivity index (χ4n) is 0.838. The fraction of sp³-hybridized carbons (Fsp3) is 0.636. The molecule has 0 rings (SSSR count). The van der Waals surface area contributed by atoms with E-state index in [0.717, 1.165) is 19.3 Å². The van der Waals surface area contributed by atoms with Crippen LogP contribution in [0.3, 0.4) is 0 Å². The summed E-state index contributed by atoms with van der Waals surface area (Å²) in [6.07, 6.45) is 9.26. The van der Waals surface area contributed by atoms with Gasteiger partial charge in [0.1, 0.15) is 0 Å². The summed E-state index contributed by atoms with van der Waals surface area (Å²) in [6, 6.07) is 0. The lowest BCUT2D eigenvalue weighted by atomic mass is 10.2. The summed E-state index contributed by atoms with van der Waals surface area (Å²) in [7, 11) is 0. The summed E-state index contributed by atoms with van der Waals surface area (Å²) < 4.78 is 5.24. The SMILES string of the molecule is C=CCCCC=CCOC(C)CO. The van der Waals surface area contributed by atoms with Gasteiger partial charge in [0.15, 0.2) is 0 Å². The van der Waals surface area contributed by atoms with E-state index >= 15 is 0 Å². The van der Waals surface area contributed by atoms with Gasteiger partial charge in [0.2, 0.25) is 0 Å². The smallest absolute Gasteiger partial charge is 0.0781 e. The van der Waals surface area contributed by atoms with Gasteiger partial charge in [0.25, 0.3) is 0 Å². The largest absolute Gasteiger partial charge is 0.394 e. The molecule has 0 aromatic rings. The van der Waals surface area contributed by atoms with E-state index in [9.17, 15) is 0 Å². The Bertz CT molecular complexity index is 141. The number of hydrogen-bond donors (Lipinski definition) is 1. The third-order valence-electron chi connectivity index (χ3n) is 1.68. The molecular weight excluding hydrogens is 164 g/mol. The Labute approximate surface area is 80.9 Å². The third kappa shape index (κ3) is 9.31. The van der Waals surface area contributed by atoms with Crippen LogP contribution in [-0.2, 0) is 4.74 Å². The first-order chi connectivity index (χ1) is 6.31. The number of hydrogen-bond acceptors (Lipinski definition) is 2. The zero-order chi connectivity index (χ0) is 9.94. The minimum absolute atomic E-state index is 0.0576. The van der Waals surface area contributed by atoms with E-state index in [4.69, 9.17) is 9.84 Å². The lowest BCUT2D eigenvalue weighted by molar-refractivity contribution is 0.0411. The minimum Gasteiger partial charge on any atom is -0.394 e. The van der Waals surface area contributed by atoms with Crippen molar-refractivity contribution in [3.05, 3.63) is 24.8 Å². The molecule has 0 aromatic heterocycles. The molecule has 1 unspecified atom stereocenters. The maximum absolute atomic E-state index is 8.65. The average Bonchev–Trinajstić information content (AvgIpc) is 2.16. The first-order valence-corrected chi connectivity index (χ1v) is 4.79. The standard InChI is InChI=1S/C11H20O2/c1-3-4-5-6-7-8-9-13-11(2)10-12/h3,7-8,11-12H,1,4-6,9-10H2,2H3. The first kappa shape index (κ1) is 12.4. The van der Waals surface area contributed by atoms with Gasteiger partial charge in [0.05, 0.1) is 19.3 Å². The number of unbranched alkanes of at least 4 members (excludes halogenated alkanes) is 2. The predicted octanol–water partition coefficient (Wildman–Crippen LogP) is 2.30. The van der Waals surface area contributed by atoms with Crippen molar-refractivity contribution in [2.75, 3.05) is 13.2 Å². The molecule has 0 radical (unpaired) electrons. The number of ether oxygens (including phenoxy) is 1. The van der Waals surface area contributed by atoms with Crippen LogP contribution in [-0.4, -0.2) is 24.4 Å². The molecule has 1 N–H and O–H groups in total. The van der Waals surface area contributed by atoms with Gasteiger partial charge in [-0.3, -0.25) is 0 Å². The summed E-state index contributed by atoms with van der Waals surface area (Å²) in [5.41, 5.74) is 0. The third-order valence-corrected chi connectivity index (χ3v) is 1.68. The predicted molar refractivity (Wildman–Crippen MR) is 55.7 cm³/mol. The summed E-state index contributed by atoms with van der Waals surface area (Å²) in [5, 5.41) is 8.65. The monoisotopic (exact) mass is 184 g/mol. The van der Waals surface area contributed by atoms with E-state index in [2.05, 4.69) is 12.7 Å². The molecule has 0 aliphatic rings. The average molecular weight is 184 g/mol. The molecule has 76 valence electrons. The van der Waals surface area contributed by atoms with Crippen molar-refractivity contribution < 1.29 is 9.84 Å². The lowest BCUT2D eigenvalue weighted by Crippen LogP contribution is -2.12. The zero-order valence-electron chi connectivity index (χ0n) is 8.41. The molecule has 1 atom stereocenters. The van der Waals surface area contributed by atoms with E-state index in [1.54, 1.807) is 0 Å². The summed E-state index contributed by atoms with van der Waals surface area (Å²) in [6.45, 7) is 6.19. The molecule has 0 aromatic carbocycles. The van der Waals surface area contributed by atoms with Gasteiger partial charge < -0.3 is 9.84 Å². The molecule has 0 bridgehead atoms. The molecule has 0 saturated carbocycles. The summed E-state index contributed by atoms with van der Waals surface area (Å²) in [4.78, 5) is 0. The quantitative estimate of drug-likeness (QED) is 0.463. The van der Waals surface area contributed by atoms with Crippen molar-refractivity contribution in [3.63, 3.8) is 0 Å². The van der Waals surface area contributed by atoms with Gasteiger partial charge in [-0.1, -0.05) is 18.2 Å². The van der Waals surface area contributed by atoms with Crippen LogP contribution in [0.15, 0.2) is 24.8 Å². The van der Waals surface area contributed by atoms with Gasteiger partial charge >= 0.3 is 0 Å². The minimum atomic E-state index is -0.0576. The van der Waals surface area contributed by atoms with Crippen LogP contribution in [0.1, 0.15) is 26.2 Å². The molecule has 0 saturated heterocycles. The first-order valence-electron chi connectivity index (χ1n) is 4.79. The van der Waals surface area contributed by atoms with Gasteiger partial charge in [-0.25, -0.2) is 0 Å². The number of allylic oxidation sites excluding steroid dienone is 2. The second-order valence-electron chi connectivity index (χ2n) is 3.02. The Kier molecular flexibility index (Phi) is 9.05. The van der Waals surface area contributed by atoms with Crippen LogP contribution in [0.4, 0.5) is 0 Å². The van der Waals surface area contributed by atoms with Crippen LogP contribution in [0.5, 0.6) is 0 Å². The van der Waals surface area contributed by atoms with E-state index in [1.807, 2.05) is 19.1 Å². The van der Waals surface area contributed by atoms with Crippen LogP contribution in [0, 0.1) is 0 Å². The van der Waals surface area contributed by atoms with Crippen molar-refractivity contribution >= 4 is 0 Å². The van der Waals surface area contributed by atoms with Crippen molar-refractivity contribution in [1.82, 2.24) is 0 Å². The molecule has 0 aliphatic heterocycles. The fourth-order valence-corrected chi connectivity index (χ4v) is 0.838. The number of aliphatic hydroxyl groups excluding tert-OH is 1. The highest BCUT2D eigenvalue weighted by Gasteiger charge is 1.95. The highest BCUT2D eigenvalue weighted by Crippen LogP contribution is 1.97. The molecule has 2 heteroatoms. The topological polar surface area (TPSA) is 29.5 Å². The van der Waals surface area contributed by atoms with E-state index in [1.165, 1.54) is 0 Å². The van der Waals surface area contributed by atoms with E-state index in [-0.39, 0.29) is 12.7 Å². The molecule has 0 fully saturated rings. The molecule has 13 heavy (non-hydrogen) atoms. The van der Waals surface area contributed by atoms with E-state index in [0.29, 0.717) is 6.61 Å². The van der Waals surface area contributed by atoms with Gasteiger partial charge in [0, 0.05) is 0 Å². The normalized spacial score (nSPS) is 13.4. The van der Waals surface area contributed by atoms with E-state index < -0.39 is 0 Å². The van der Waals surface area contributed by atoms with Crippen molar-refractivity contribution in [1.29, 1.82) is 0 Å². The van der Waals surface area contributed by atoms with Crippen LogP contribution < -0.4 is 0 Å². The Balaban J connectivity index is 3.16. The van der Waals surface area contributed by atoms with Gasteiger partial charge in [-0.2, -0.15) is 0 Å². The Morgan fingerprint density at radius 2 is 2.15 bits per heavy atom. The number of rotatable bonds is 8. The lowest BCUT2D eigenvalue weighted by Gasteiger charge is -2.06. The van der Waals surface area contributed by atoms with Gasteiger partial charge in [-0.15, -0.1) is 6.58 Å². The second kappa shape index (κ2) is 9.49. The van der Waals surface area contributed by atoms with Crippen LogP contribution in [0.2, 0.25) is 0 Å². The van der Waals surface area contributed by atoms with Crippen molar-refractivity contribution in [2.45, 2.75) is 32.3 Å². The number of aliphatic hydroxyl groups is 1. The Hall–Kier alpha value is -0.600.